The van der Waals surface area contributed by atoms with Crippen molar-refractivity contribution in [3.63, 3.8) is 0 Å². The molecule has 1 aliphatic heterocycles. The molecule has 0 radical (unpaired) electrons. The number of nitrogens with zero attached hydrogens (tertiary/aromatic N) is 1. The summed E-state index contributed by atoms with van der Waals surface area (Å²) in [5.41, 5.74) is 1.23. The molecule has 0 saturated carbocycles. The van der Waals surface area contributed by atoms with E-state index < -0.39 is 5.97 Å². The van der Waals surface area contributed by atoms with Crippen LogP contribution in [0.4, 0.5) is 4.39 Å². The molecular weight excluding hydrogens is 321 g/mol. The van der Waals surface area contributed by atoms with E-state index in [1.807, 2.05) is 12.1 Å². The number of hydrogen-bond acceptors (Lipinski definition) is 2. The minimum atomic E-state index is -1.04. The molecule has 0 atom stereocenters. The highest BCUT2D eigenvalue weighted by molar-refractivity contribution is 5.97. The molecule has 1 saturated heterocycles. The number of benzene rings is 2. The lowest BCUT2D eigenvalue weighted by atomic mass is 9.89. The Balaban J connectivity index is 1.60. The lowest BCUT2D eigenvalue weighted by Crippen LogP contribution is -2.39. The summed E-state index contributed by atoms with van der Waals surface area (Å²) in [4.78, 5) is 25.4. The van der Waals surface area contributed by atoms with Crippen LogP contribution in [0.5, 0.6) is 0 Å². The molecule has 1 fully saturated rings. The smallest absolute Gasteiger partial charge is 0.335 e. The van der Waals surface area contributed by atoms with Gasteiger partial charge in [-0.15, -0.1) is 0 Å². The zero-order valence-corrected chi connectivity index (χ0v) is 13.8. The van der Waals surface area contributed by atoms with Crippen LogP contribution in [0.15, 0.2) is 48.5 Å². The maximum Gasteiger partial charge on any atom is 0.335 e. The van der Waals surface area contributed by atoms with Gasteiger partial charge in [0, 0.05) is 18.7 Å². The zero-order valence-electron chi connectivity index (χ0n) is 13.8. The number of amides is 1. The number of rotatable bonds is 4. The van der Waals surface area contributed by atoms with Crippen molar-refractivity contribution in [3.8, 4) is 0 Å². The lowest BCUT2D eigenvalue weighted by molar-refractivity contribution is 0.0690. The van der Waals surface area contributed by atoms with Gasteiger partial charge in [0.05, 0.1) is 5.56 Å². The number of hydrogen-bond donors (Lipinski definition) is 1. The van der Waals surface area contributed by atoms with Crippen LogP contribution in [0.1, 0.15) is 39.1 Å². The highest BCUT2D eigenvalue weighted by atomic mass is 19.1. The highest BCUT2D eigenvalue weighted by Gasteiger charge is 2.24. The van der Waals surface area contributed by atoms with Gasteiger partial charge in [-0.05, 0) is 55.0 Å². The number of carboxylic acids is 1. The Morgan fingerprint density at radius 1 is 1.04 bits per heavy atom. The van der Waals surface area contributed by atoms with Gasteiger partial charge in [0.1, 0.15) is 5.82 Å². The van der Waals surface area contributed by atoms with Gasteiger partial charge < -0.3 is 10.0 Å². The van der Waals surface area contributed by atoms with E-state index in [1.54, 1.807) is 23.1 Å². The van der Waals surface area contributed by atoms with E-state index in [0.29, 0.717) is 31.0 Å². The molecule has 5 heteroatoms. The van der Waals surface area contributed by atoms with Gasteiger partial charge in [-0.2, -0.15) is 0 Å². The van der Waals surface area contributed by atoms with Gasteiger partial charge >= 0.3 is 5.97 Å². The quantitative estimate of drug-likeness (QED) is 0.924. The van der Waals surface area contributed by atoms with Crippen LogP contribution < -0.4 is 0 Å². The van der Waals surface area contributed by atoms with Gasteiger partial charge in [-0.1, -0.05) is 24.3 Å². The van der Waals surface area contributed by atoms with E-state index in [4.69, 9.17) is 5.11 Å². The van der Waals surface area contributed by atoms with E-state index in [2.05, 4.69) is 0 Å². The molecule has 25 heavy (non-hydrogen) atoms. The Labute approximate surface area is 145 Å². The molecule has 0 spiro atoms. The van der Waals surface area contributed by atoms with E-state index in [-0.39, 0.29) is 17.3 Å². The Hall–Kier alpha value is -2.69. The Kier molecular flexibility index (Phi) is 5.12. The molecule has 2 aromatic carbocycles. The van der Waals surface area contributed by atoms with Crippen molar-refractivity contribution in [2.45, 2.75) is 19.3 Å². The molecule has 0 unspecified atom stereocenters. The lowest BCUT2D eigenvalue weighted by Gasteiger charge is -2.32. The number of carbonyl (C=O) groups excluding carboxylic acids is 1. The number of carboxylic acid groups (broad SMARTS) is 1. The highest BCUT2D eigenvalue weighted by Crippen LogP contribution is 2.24. The summed E-state index contributed by atoms with van der Waals surface area (Å²) in [5.74, 6) is -1.01. The first-order chi connectivity index (χ1) is 12.0. The Morgan fingerprint density at radius 3 is 2.40 bits per heavy atom. The summed E-state index contributed by atoms with van der Waals surface area (Å²) in [6, 6.07) is 12.9. The third-order valence-corrected chi connectivity index (χ3v) is 4.72. The average Bonchev–Trinajstić information content (AvgIpc) is 2.64. The molecule has 1 amide bonds. The van der Waals surface area contributed by atoms with Crippen molar-refractivity contribution in [2.24, 2.45) is 5.92 Å². The summed E-state index contributed by atoms with van der Waals surface area (Å²) in [6.45, 7) is 1.21. The van der Waals surface area contributed by atoms with Gasteiger partial charge in [-0.25, -0.2) is 9.18 Å². The second kappa shape index (κ2) is 7.47. The molecule has 1 heterocycles. The fourth-order valence-corrected chi connectivity index (χ4v) is 3.28. The largest absolute Gasteiger partial charge is 0.478 e. The second-order valence-corrected chi connectivity index (χ2v) is 6.42. The zero-order chi connectivity index (χ0) is 17.8. The van der Waals surface area contributed by atoms with E-state index in [1.165, 1.54) is 18.2 Å². The monoisotopic (exact) mass is 341 g/mol. The van der Waals surface area contributed by atoms with Crippen LogP contribution in [0.2, 0.25) is 0 Å². The van der Waals surface area contributed by atoms with Crippen molar-refractivity contribution in [3.05, 3.63) is 71.0 Å². The molecule has 0 bridgehead atoms. The van der Waals surface area contributed by atoms with Crippen molar-refractivity contribution in [2.75, 3.05) is 13.1 Å². The predicted molar refractivity (Wildman–Crippen MR) is 92.1 cm³/mol. The number of halogens is 1. The molecule has 130 valence electrons. The van der Waals surface area contributed by atoms with Crippen molar-refractivity contribution in [1.29, 1.82) is 0 Å². The topological polar surface area (TPSA) is 57.6 Å². The summed E-state index contributed by atoms with van der Waals surface area (Å²) < 4.78 is 13.8. The van der Waals surface area contributed by atoms with Gasteiger partial charge in [0.15, 0.2) is 0 Å². The molecule has 2 aromatic rings. The first kappa shape index (κ1) is 17.1. The first-order valence-corrected chi connectivity index (χ1v) is 8.40. The van der Waals surface area contributed by atoms with Crippen molar-refractivity contribution in [1.82, 2.24) is 4.90 Å². The normalized spacial score (nSPS) is 15.2. The van der Waals surface area contributed by atoms with Gasteiger partial charge in [-0.3, -0.25) is 4.79 Å². The standard InChI is InChI=1S/C20H20FNO3/c21-18-7-2-1-4-15(18)12-14-8-10-22(11-9-14)19(23)16-5-3-6-17(13-16)20(24)25/h1-7,13-14H,8-12H2,(H,24,25). The third kappa shape index (κ3) is 4.05. The maximum absolute atomic E-state index is 13.8. The Morgan fingerprint density at radius 2 is 1.72 bits per heavy atom. The van der Waals surface area contributed by atoms with E-state index in [0.717, 1.165) is 18.4 Å². The molecule has 0 aliphatic carbocycles. The molecule has 1 aliphatic rings. The second-order valence-electron chi connectivity index (χ2n) is 6.42. The fraction of sp³-hybridized carbons (Fsp3) is 0.300. The van der Waals surface area contributed by atoms with E-state index in [9.17, 15) is 14.0 Å². The van der Waals surface area contributed by atoms with Crippen LogP contribution in [0, 0.1) is 11.7 Å². The Bertz CT molecular complexity index is 782. The number of piperidine rings is 1. The van der Waals surface area contributed by atoms with Crippen molar-refractivity contribution < 1.29 is 19.1 Å². The minimum Gasteiger partial charge on any atom is -0.478 e. The fourth-order valence-electron chi connectivity index (χ4n) is 3.28. The number of likely N-dealkylation sites (tertiary alicyclic amines) is 1. The maximum atomic E-state index is 13.8. The molecule has 0 aromatic heterocycles. The van der Waals surface area contributed by atoms with Crippen LogP contribution >= 0.6 is 0 Å². The first-order valence-electron chi connectivity index (χ1n) is 8.40. The van der Waals surface area contributed by atoms with Gasteiger partial charge in [0.2, 0.25) is 0 Å². The van der Waals surface area contributed by atoms with Crippen LogP contribution in [-0.4, -0.2) is 35.0 Å². The number of aromatic carboxylic acids is 1. The van der Waals surface area contributed by atoms with Crippen LogP contribution in [0.3, 0.4) is 0 Å². The van der Waals surface area contributed by atoms with Crippen molar-refractivity contribution >= 4 is 11.9 Å². The summed E-state index contributed by atoms with van der Waals surface area (Å²) >= 11 is 0. The van der Waals surface area contributed by atoms with Crippen LogP contribution in [-0.2, 0) is 6.42 Å². The van der Waals surface area contributed by atoms with Crippen LogP contribution in [0.25, 0.3) is 0 Å². The molecule has 4 nitrogen and oxygen atoms in total. The third-order valence-electron chi connectivity index (χ3n) is 4.72. The number of carbonyl (C=O) groups is 2. The van der Waals surface area contributed by atoms with Gasteiger partial charge in [0.25, 0.3) is 5.91 Å². The average molecular weight is 341 g/mol. The minimum absolute atomic E-state index is 0.111. The summed E-state index contributed by atoms with van der Waals surface area (Å²) in [6.07, 6.45) is 2.32. The summed E-state index contributed by atoms with van der Waals surface area (Å²) in [7, 11) is 0. The summed E-state index contributed by atoms with van der Waals surface area (Å²) in [5, 5.41) is 9.04. The van der Waals surface area contributed by atoms with E-state index >= 15 is 0 Å². The molecular formula is C20H20FNO3. The predicted octanol–water partition coefficient (Wildman–Crippen LogP) is 3.62. The molecule has 1 N–H and O–H groups in total. The SMILES string of the molecule is O=C(O)c1cccc(C(=O)N2CCC(Cc3ccccc3F)CC2)c1. The molecule has 3 rings (SSSR count).